The summed E-state index contributed by atoms with van der Waals surface area (Å²) >= 11 is 1.71. The molecule has 2 rings (SSSR count). The molecule has 0 saturated carbocycles. The standard InChI is InChI=1S/C14H26N4S/c1-11-16-12(10-19-11)9-13(17-15)14(2,3)18-7-5-4-6-8-18/h10,13,17H,4-9,15H2,1-3H3. The molecular weight excluding hydrogens is 256 g/mol. The Kier molecular flexibility index (Phi) is 4.95. The number of nitrogens with one attached hydrogen (secondary N) is 1. The number of nitrogens with two attached hydrogens (primary N) is 1. The molecule has 108 valence electrons. The van der Waals surface area contributed by atoms with Crippen LogP contribution in [0.15, 0.2) is 5.38 Å². The highest BCUT2D eigenvalue weighted by Gasteiger charge is 2.35. The molecule has 2 heterocycles. The molecule has 0 aliphatic carbocycles. The van der Waals surface area contributed by atoms with E-state index in [9.17, 15) is 0 Å². The first-order valence-electron chi connectivity index (χ1n) is 7.16. The topological polar surface area (TPSA) is 54.2 Å². The minimum absolute atomic E-state index is 0.0622. The van der Waals surface area contributed by atoms with Gasteiger partial charge in [-0.05, 0) is 46.7 Å². The van der Waals surface area contributed by atoms with E-state index in [0.717, 1.165) is 17.1 Å². The summed E-state index contributed by atoms with van der Waals surface area (Å²) in [5.74, 6) is 5.82. The van der Waals surface area contributed by atoms with E-state index < -0.39 is 0 Å². The van der Waals surface area contributed by atoms with Gasteiger partial charge in [-0.25, -0.2) is 4.98 Å². The van der Waals surface area contributed by atoms with Gasteiger partial charge in [0.05, 0.1) is 10.7 Å². The molecule has 0 radical (unpaired) electrons. The van der Waals surface area contributed by atoms with E-state index >= 15 is 0 Å². The Balaban J connectivity index is 2.06. The SMILES string of the molecule is Cc1nc(CC(NN)C(C)(C)N2CCCCC2)cs1. The van der Waals surface area contributed by atoms with Crippen molar-refractivity contribution in [3.05, 3.63) is 16.1 Å². The smallest absolute Gasteiger partial charge is 0.0897 e. The van der Waals surface area contributed by atoms with Crippen molar-refractivity contribution in [1.82, 2.24) is 15.3 Å². The summed E-state index contributed by atoms with van der Waals surface area (Å²) in [5, 5.41) is 3.27. The number of aromatic nitrogens is 1. The Labute approximate surface area is 120 Å². The molecule has 1 aliphatic heterocycles. The average molecular weight is 282 g/mol. The number of hydrogen-bond acceptors (Lipinski definition) is 5. The molecule has 1 aliphatic rings. The molecule has 1 fully saturated rings. The first kappa shape index (κ1) is 14.9. The Morgan fingerprint density at radius 3 is 2.63 bits per heavy atom. The van der Waals surface area contributed by atoms with Crippen LogP contribution in [0.4, 0.5) is 0 Å². The molecule has 4 nitrogen and oxygen atoms in total. The van der Waals surface area contributed by atoms with Gasteiger partial charge in [-0.2, -0.15) is 0 Å². The molecule has 0 bridgehead atoms. The molecule has 1 saturated heterocycles. The summed E-state index contributed by atoms with van der Waals surface area (Å²) in [6.45, 7) is 9.00. The summed E-state index contributed by atoms with van der Waals surface area (Å²) in [6, 6.07) is 0.229. The molecule has 19 heavy (non-hydrogen) atoms. The van der Waals surface area contributed by atoms with Gasteiger partial charge in [-0.3, -0.25) is 16.2 Å². The monoisotopic (exact) mass is 282 g/mol. The number of piperidine rings is 1. The zero-order chi connectivity index (χ0) is 13.9. The first-order chi connectivity index (χ1) is 9.04. The highest BCUT2D eigenvalue weighted by molar-refractivity contribution is 7.09. The van der Waals surface area contributed by atoms with E-state index in [-0.39, 0.29) is 11.6 Å². The first-order valence-corrected chi connectivity index (χ1v) is 8.04. The van der Waals surface area contributed by atoms with Crippen molar-refractivity contribution in [1.29, 1.82) is 0 Å². The molecule has 0 aromatic carbocycles. The highest BCUT2D eigenvalue weighted by atomic mass is 32.1. The predicted octanol–water partition coefficient (Wildman–Crippen LogP) is 2.09. The molecular formula is C14H26N4S. The summed E-state index contributed by atoms with van der Waals surface area (Å²) in [7, 11) is 0. The Bertz CT molecular complexity index is 396. The molecule has 3 N–H and O–H groups in total. The van der Waals surface area contributed by atoms with Gasteiger partial charge in [0.1, 0.15) is 0 Å². The van der Waals surface area contributed by atoms with Crippen molar-refractivity contribution < 1.29 is 0 Å². The van der Waals surface area contributed by atoms with Crippen molar-refractivity contribution in [3.63, 3.8) is 0 Å². The number of hydrazine groups is 1. The van der Waals surface area contributed by atoms with E-state index in [1.54, 1.807) is 11.3 Å². The van der Waals surface area contributed by atoms with Crippen LogP contribution >= 0.6 is 11.3 Å². The van der Waals surface area contributed by atoms with Gasteiger partial charge in [0, 0.05) is 23.4 Å². The molecule has 0 spiro atoms. The van der Waals surface area contributed by atoms with E-state index in [0.29, 0.717) is 0 Å². The van der Waals surface area contributed by atoms with Gasteiger partial charge < -0.3 is 0 Å². The molecule has 1 unspecified atom stereocenters. The number of aryl methyl sites for hydroxylation is 1. The predicted molar refractivity (Wildman–Crippen MR) is 81.2 cm³/mol. The lowest BCUT2D eigenvalue weighted by atomic mass is 9.88. The molecule has 1 atom stereocenters. The summed E-state index contributed by atoms with van der Waals surface area (Å²) < 4.78 is 0. The maximum atomic E-state index is 5.82. The van der Waals surface area contributed by atoms with Crippen LogP contribution in [0.25, 0.3) is 0 Å². The minimum Gasteiger partial charge on any atom is -0.297 e. The van der Waals surface area contributed by atoms with E-state index in [2.05, 4.69) is 41.5 Å². The molecule has 0 amide bonds. The van der Waals surface area contributed by atoms with Crippen molar-refractivity contribution in [3.8, 4) is 0 Å². The second kappa shape index (κ2) is 6.31. The number of rotatable bonds is 5. The fourth-order valence-corrected chi connectivity index (χ4v) is 3.54. The molecule has 1 aromatic heterocycles. The molecule has 1 aromatic rings. The van der Waals surface area contributed by atoms with E-state index in [1.807, 2.05) is 0 Å². The van der Waals surface area contributed by atoms with Crippen LogP contribution in [0.2, 0.25) is 0 Å². The average Bonchev–Trinajstić information content (AvgIpc) is 2.82. The van der Waals surface area contributed by atoms with Crippen LogP contribution in [0.3, 0.4) is 0 Å². The minimum atomic E-state index is 0.0622. The number of nitrogens with zero attached hydrogens (tertiary/aromatic N) is 2. The number of likely N-dealkylation sites (tertiary alicyclic amines) is 1. The third kappa shape index (κ3) is 3.54. The largest absolute Gasteiger partial charge is 0.297 e. The van der Waals surface area contributed by atoms with Gasteiger partial charge in [-0.15, -0.1) is 11.3 Å². The van der Waals surface area contributed by atoms with Gasteiger partial charge in [0.2, 0.25) is 0 Å². The second-order valence-corrected chi connectivity index (χ2v) is 7.04. The quantitative estimate of drug-likeness (QED) is 0.641. The Hall–Kier alpha value is -0.490. The van der Waals surface area contributed by atoms with Crippen LogP contribution in [0.5, 0.6) is 0 Å². The Morgan fingerprint density at radius 2 is 2.11 bits per heavy atom. The number of hydrogen-bond donors (Lipinski definition) is 2. The van der Waals surface area contributed by atoms with Crippen LogP contribution in [0, 0.1) is 6.92 Å². The van der Waals surface area contributed by atoms with Crippen LogP contribution < -0.4 is 11.3 Å². The van der Waals surface area contributed by atoms with Gasteiger partial charge in [-0.1, -0.05) is 6.42 Å². The lowest BCUT2D eigenvalue weighted by Gasteiger charge is -2.45. The molecule has 5 heteroatoms. The maximum Gasteiger partial charge on any atom is 0.0897 e. The maximum absolute atomic E-state index is 5.82. The van der Waals surface area contributed by atoms with Gasteiger partial charge in [0.15, 0.2) is 0 Å². The summed E-state index contributed by atoms with van der Waals surface area (Å²) in [6.07, 6.45) is 4.86. The second-order valence-electron chi connectivity index (χ2n) is 5.98. The van der Waals surface area contributed by atoms with Crippen LogP contribution in [0.1, 0.15) is 43.8 Å². The third-order valence-electron chi connectivity index (χ3n) is 4.30. The third-order valence-corrected chi connectivity index (χ3v) is 5.13. The van der Waals surface area contributed by atoms with Crippen LogP contribution in [-0.4, -0.2) is 34.6 Å². The van der Waals surface area contributed by atoms with E-state index in [4.69, 9.17) is 5.84 Å². The Morgan fingerprint density at radius 1 is 1.42 bits per heavy atom. The van der Waals surface area contributed by atoms with Crippen molar-refractivity contribution in [2.75, 3.05) is 13.1 Å². The van der Waals surface area contributed by atoms with Crippen LogP contribution in [-0.2, 0) is 6.42 Å². The zero-order valence-corrected chi connectivity index (χ0v) is 13.1. The normalized spacial score (nSPS) is 19.6. The summed E-state index contributed by atoms with van der Waals surface area (Å²) in [4.78, 5) is 7.13. The summed E-state index contributed by atoms with van der Waals surface area (Å²) in [5.41, 5.74) is 4.23. The van der Waals surface area contributed by atoms with Gasteiger partial charge >= 0.3 is 0 Å². The highest BCUT2D eigenvalue weighted by Crippen LogP contribution is 2.25. The fourth-order valence-electron chi connectivity index (χ4n) is 2.91. The van der Waals surface area contributed by atoms with Crippen molar-refractivity contribution in [2.45, 2.75) is 58.0 Å². The van der Waals surface area contributed by atoms with E-state index in [1.165, 1.54) is 32.4 Å². The van der Waals surface area contributed by atoms with Crippen molar-refractivity contribution in [2.24, 2.45) is 5.84 Å². The fraction of sp³-hybridized carbons (Fsp3) is 0.786. The lowest BCUT2D eigenvalue weighted by molar-refractivity contribution is 0.0608. The van der Waals surface area contributed by atoms with Gasteiger partial charge in [0.25, 0.3) is 0 Å². The zero-order valence-electron chi connectivity index (χ0n) is 12.3. The van der Waals surface area contributed by atoms with Crippen molar-refractivity contribution >= 4 is 11.3 Å². The lowest BCUT2D eigenvalue weighted by Crippen LogP contribution is -2.61. The number of thiazole rings is 1.